The summed E-state index contributed by atoms with van der Waals surface area (Å²) >= 11 is 0. The summed E-state index contributed by atoms with van der Waals surface area (Å²) in [5.74, 6) is 0.504. The molecule has 0 spiro atoms. The summed E-state index contributed by atoms with van der Waals surface area (Å²) in [5.41, 5.74) is 0.504. The van der Waals surface area contributed by atoms with Gasteiger partial charge in [-0.15, -0.1) is 9.93 Å². The van der Waals surface area contributed by atoms with E-state index < -0.39 is 9.93 Å². The second kappa shape index (κ2) is 4.57. The molecule has 4 heteroatoms. The van der Waals surface area contributed by atoms with Gasteiger partial charge in [-0.25, -0.2) is 0 Å². The Labute approximate surface area is 90.9 Å². The van der Waals surface area contributed by atoms with E-state index >= 15 is 0 Å². The van der Waals surface area contributed by atoms with Gasteiger partial charge in [0, 0.05) is 0 Å². The fraction of sp³-hybridized carbons (Fsp3) is 0.364. The molecule has 0 atom stereocenters. The molecule has 0 aliphatic heterocycles. The number of ketones is 1. The molecular weight excluding hydrogens is 212 g/mol. The first-order valence-corrected chi connectivity index (χ1v) is 7.43. The van der Waals surface area contributed by atoms with E-state index in [1.165, 1.54) is 7.11 Å². The number of methoxy groups -OCH3 is 1. The van der Waals surface area contributed by atoms with Crippen molar-refractivity contribution in [1.29, 1.82) is 0 Å². The molecule has 84 valence electrons. The summed E-state index contributed by atoms with van der Waals surface area (Å²) in [7, 11) is -0.805. The Bertz CT molecular complexity index is 406. The highest BCUT2D eigenvalue weighted by Crippen LogP contribution is 2.18. The van der Waals surface area contributed by atoms with Gasteiger partial charge in [0.15, 0.2) is 5.78 Å². The Morgan fingerprint density at radius 2 is 1.93 bits per heavy atom. The first kappa shape index (κ1) is 11.9. The summed E-state index contributed by atoms with van der Waals surface area (Å²) in [6.07, 6.45) is 3.22. The van der Waals surface area contributed by atoms with E-state index in [1.807, 2.05) is 0 Å². The highest BCUT2D eigenvalue weighted by molar-refractivity contribution is 8.02. The third-order valence-corrected chi connectivity index (χ3v) is 2.98. The number of ether oxygens (including phenoxy) is 1. The van der Waals surface area contributed by atoms with Gasteiger partial charge in [-0.3, -0.25) is 9.00 Å². The second-order valence-corrected chi connectivity index (χ2v) is 7.32. The Morgan fingerprint density at radius 1 is 1.33 bits per heavy atom. The lowest BCUT2D eigenvalue weighted by molar-refractivity contribution is 0.101. The zero-order chi connectivity index (χ0) is 11.5. The van der Waals surface area contributed by atoms with Gasteiger partial charge < -0.3 is 4.74 Å². The van der Waals surface area contributed by atoms with Gasteiger partial charge >= 0.3 is 0 Å². The van der Waals surface area contributed by atoms with Crippen LogP contribution in [0.3, 0.4) is 0 Å². The summed E-state index contributed by atoms with van der Waals surface area (Å²) in [6.45, 7) is 0. The van der Waals surface area contributed by atoms with Crippen molar-refractivity contribution in [1.82, 2.24) is 0 Å². The van der Waals surface area contributed by atoms with Gasteiger partial charge in [0.05, 0.1) is 18.4 Å². The molecule has 0 fully saturated rings. The van der Waals surface area contributed by atoms with Crippen LogP contribution in [0.5, 0.6) is 5.75 Å². The molecule has 0 aromatic heterocycles. The fourth-order valence-electron chi connectivity index (χ4n) is 1.31. The van der Waals surface area contributed by atoms with Gasteiger partial charge in [0.1, 0.15) is 5.75 Å². The molecule has 0 aliphatic rings. The fourth-order valence-corrected chi connectivity index (χ4v) is 2.17. The lowest BCUT2D eigenvalue weighted by atomic mass is 10.1. The van der Waals surface area contributed by atoms with E-state index in [4.69, 9.17) is 4.74 Å². The highest BCUT2D eigenvalue weighted by atomic mass is 32.2. The van der Waals surface area contributed by atoms with E-state index in [-0.39, 0.29) is 11.5 Å². The van der Waals surface area contributed by atoms with Gasteiger partial charge in [0.25, 0.3) is 0 Å². The molecule has 1 aromatic carbocycles. The molecule has 0 saturated carbocycles. The molecule has 0 radical (unpaired) electrons. The predicted molar refractivity (Wildman–Crippen MR) is 63.6 cm³/mol. The SMILES string of the molecule is COc1ccccc1C(=O)C[SH](C)(C)=O. The smallest absolute Gasteiger partial charge is 0.177 e. The van der Waals surface area contributed by atoms with Crippen LogP contribution in [0.4, 0.5) is 0 Å². The topological polar surface area (TPSA) is 43.4 Å². The summed E-state index contributed by atoms with van der Waals surface area (Å²) < 4.78 is 16.6. The number of Topliss-reactive ketones (excluding diaryl/α,β-unsaturated/α-hetero) is 1. The zero-order valence-corrected chi connectivity index (χ0v) is 10.1. The monoisotopic (exact) mass is 228 g/mol. The van der Waals surface area contributed by atoms with Crippen LogP contribution in [-0.2, 0) is 9.93 Å². The molecular formula is C11H16O3S. The molecule has 15 heavy (non-hydrogen) atoms. The minimum absolute atomic E-state index is 0.0906. The first-order valence-electron chi connectivity index (χ1n) is 4.64. The predicted octanol–water partition coefficient (Wildman–Crippen LogP) is 1.15. The van der Waals surface area contributed by atoms with Crippen molar-refractivity contribution in [2.24, 2.45) is 0 Å². The molecule has 1 aromatic rings. The van der Waals surface area contributed by atoms with Crippen molar-refractivity contribution in [3.63, 3.8) is 0 Å². The van der Waals surface area contributed by atoms with Crippen LogP contribution < -0.4 is 4.74 Å². The molecule has 0 N–H and O–H groups in total. The number of rotatable bonds is 4. The molecule has 3 nitrogen and oxygen atoms in total. The van der Waals surface area contributed by atoms with Gasteiger partial charge in [-0.05, 0) is 24.6 Å². The van der Waals surface area contributed by atoms with Crippen LogP contribution in [0.2, 0.25) is 0 Å². The van der Waals surface area contributed by atoms with Crippen molar-refractivity contribution >= 4 is 15.7 Å². The maximum Gasteiger partial charge on any atom is 0.177 e. The first-order chi connectivity index (χ1) is 6.94. The van der Waals surface area contributed by atoms with Crippen molar-refractivity contribution in [3.05, 3.63) is 29.8 Å². The zero-order valence-electron chi connectivity index (χ0n) is 9.19. The van der Waals surface area contributed by atoms with E-state index in [0.717, 1.165) is 0 Å². The van der Waals surface area contributed by atoms with Crippen molar-refractivity contribution in [3.8, 4) is 5.75 Å². The average molecular weight is 228 g/mol. The second-order valence-electron chi connectivity index (χ2n) is 3.86. The van der Waals surface area contributed by atoms with Crippen molar-refractivity contribution in [2.75, 3.05) is 25.4 Å². The van der Waals surface area contributed by atoms with Gasteiger partial charge in [-0.2, -0.15) is 0 Å². The number of thiol groups is 1. The normalized spacial score (nSPS) is 12.2. The summed E-state index contributed by atoms with van der Waals surface area (Å²) in [5, 5.41) is 0. The molecule has 1 rings (SSSR count). The van der Waals surface area contributed by atoms with Crippen LogP contribution in [0.15, 0.2) is 24.3 Å². The van der Waals surface area contributed by atoms with Crippen molar-refractivity contribution in [2.45, 2.75) is 0 Å². The largest absolute Gasteiger partial charge is 0.496 e. The third kappa shape index (κ3) is 3.47. The Morgan fingerprint density at radius 3 is 2.47 bits per heavy atom. The molecule has 0 heterocycles. The Hall–Kier alpha value is -1.16. The van der Waals surface area contributed by atoms with Crippen molar-refractivity contribution < 1.29 is 13.7 Å². The van der Waals surface area contributed by atoms with Crippen LogP contribution in [-0.4, -0.2) is 35.4 Å². The highest BCUT2D eigenvalue weighted by Gasteiger charge is 2.15. The van der Waals surface area contributed by atoms with Crippen LogP contribution in [0, 0.1) is 0 Å². The number of carbonyl (C=O) groups excluding carboxylic acids is 1. The molecule has 0 amide bonds. The quantitative estimate of drug-likeness (QED) is 0.621. The van der Waals surface area contributed by atoms with Crippen LogP contribution in [0.25, 0.3) is 0 Å². The number of benzene rings is 1. The molecule has 0 saturated heterocycles. The minimum atomic E-state index is -2.32. The van der Waals surface area contributed by atoms with E-state index in [0.29, 0.717) is 11.3 Å². The maximum atomic E-state index is 11.8. The Kier molecular flexibility index (Phi) is 3.63. The number of para-hydroxylation sites is 1. The van der Waals surface area contributed by atoms with E-state index in [9.17, 15) is 9.00 Å². The minimum Gasteiger partial charge on any atom is -0.496 e. The lowest BCUT2D eigenvalue weighted by Crippen LogP contribution is -2.20. The van der Waals surface area contributed by atoms with Gasteiger partial charge in [0.2, 0.25) is 0 Å². The van der Waals surface area contributed by atoms with E-state index in [1.54, 1.807) is 36.8 Å². The number of hydrogen-bond acceptors (Lipinski definition) is 3. The molecule has 0 aliphatic carbocycles. The Balaban J connectivity index is 2.96. The third-order valence-electron chi connectivity index (χ3n) is 1.93. The summed E-state index contributed by atoms with van der Waals surface area (Å²) in [6, 6.07) is 6.99. The van der Waals surface area contributed by atoms with Crippen LogP contribution in [0.1, 0.15) is 10.4 Å². The lowest BCUT2D eigenvalue weighted by Gasteiger charge is -2.12. The number of hydrogen-bond donors (Lipinski definition) is 1. The van der Waals surface area contributed by atoms with E-state index in [2.05, 4.69) is 0 Å². The standard InChI is InChI=1S/C11H16O3S/c1-14-11-7-5-4-6-9(11)10(12)8-15(2,3)13/h4-7,15H,8H2,1-3H3. The van der Waals surface area contributed by atoms with Gasteiger partial charge in [-0.1, -0.05) is 12.1 Å². The summed E-state index contributed by atoms with van der Waals surface area (Å²) in [4.78, 5) is 11.8. The molecule has 0 unspecified atom stereocenters. The number of carbonyl (C=O) groups is 1. The maximum absolute atomic E-state index is 11.8. The van der Waals surface area contributed by atoms with Crippen LogP contribution >= 0.6 is 0 Å². The average Bonchev–Trinajstić information content (AvgIpc) is 2.15. The molecule has 0 bridgehead atoms.